The molecule has 0 atom stereocenters. The van der Waals surface area contributed by atoms with Gasteiger partial charge in [-0.1, -0.05) is 0 Å². The molecular formula is C13H9N5O3. The lowest BCUT2D eigenvalue weighted by Gasteiger charge is -2.03. The van der Waals surface area contributed by atoms with E-state index in [-0.39, 0.29) is 11.6 Å². The van der Waals surface area contributed by atoms with E-state index in [0.29, 0.717) is 16.9 Å². The Labute approximate surface area is 118 Å². The van der Waals surface area contributed by atoms with Crippen LogP contribution in [0.5, 0.6) is 0 Å². The molecule has 0 radical (unpaired) electrons. The number of non-ortho nitro benzene ring substituents is 1. The molecule has 0 saturated carbocycles. The summed E-state index contributed by atoms with van der Waals surface area (Å²) in [5.41, 5.74) is 1.19. The Morgan fingerprint density at radius 2 is 2.05 bits per heavy atom. The number of hydrogen-bond acceptors (Lipinski definition) is 5. The fourth-order valence-corrected chi connectivity index (χ4v) is 1.85. The summed E-state index contributed by atoms with van der Waals surface area (Å²) in [5.74, 6) is -0.377. The largest absolute Gasteiger partial charge is 0.322 e. The molecular weight excluding hydrogens is 274 g/mol. The molecule has 0 spiro atoms. The van der Waals surface area contributed by atoms with Crippen LogP contribution in [0.15, 0.2) is 48.9 Å². The Kier molecular flexibility index (Phi) is 3.03. The van der Waals surface area contributed by atoms with Gasteiger partial charge in [-0.25, -0.2) is 9.50 Å². The van der Waals surface area contributed by atoms with E-state index in [1.165, 1.54) is 35.0 Å². The van der Waals surface area contributed by atoms with Gasteiger partial charge in [0.15, 0.2) is 5.65 Å². The van der Waals surface area contributed by atoms with Crippen LogP contribution in [-0.4, -0.2) is 25.4 Å². The highest BCUT2D eigenvalue weighted by molar-refractivity contribution is 6.08. The van der Waals surface area contributed by atoms with Crippen molar-refractivity contribution >= 4 is 22.9 Å². The summed E-state index contributed by atoms with van der Waals surface area (Å²) >= 11 is 0. The predicted octanol–water partition coefficient (Wildman–Crippen LogP) is 1.89. The van der Waals surface area contributed by atoms with Crippen molar-refractivity contribution in [3.8, 4) is 0 Å². The number of hydrogen-bond donors (Lipinski definition) is 1. The van der Waals surface area contributed by atoms with E-state index in [2.05, 4.69) is 15.4 Å². The fraction of sp³-hybridized carbons (Fsp3) is 0. The van der Waals surface area contributed by atoms with Gasteiger partial charge in [0.2, 0.25) is 0 Å². The quantitative estimate of drug-likeness (QED) is 0.584. The summed E-state index contributed by atoms with van der Waals surface area (Å²) in [6.07, 6.45) is 4.67. The first-order valence-electron chi connectivity index (χ1n) is 5.99. The zero-order valence-corrected chi connectivity index (χ0v) is 10.6. The Morgan fingerprint density at radius 1 is 1.29 bits per heavy atom. The molecule has 1 amide bonds. The number of amides is 1. The van der Waals surface area contributed by atoms with Crippen molar-refractivity contribution in [2.75, 3.05) is 5.32 Å². The van der Waals surface area contributed by atoms with Crippen molar-refractivity contribution in [3.05, 3.63) is 64.6 Å². The molecule has 3 rings (SSSR count). The number of aromatic nitrogens is 3. The lowest BCUT2D eigenvalue weighted by atomic mass is 10.2. The smallest absolute Gasteiger partial charge is 0.269 e. The second-order valence-electron chi connectivity index (χ2n) is 4.20. The van der Waals surface area contributed by atoms with Crippen molar-refractivity contribution < 1.29 is 9.72 Å². The van der Waals surface area contributed by atoms with Crippen LogP contribution in [-0.2, 0) is 0 Å². The third kappa shape index (κ3) is 2.41. The van der Waals surface area contributed by atoms with Crippen LogP contribution in [0.4, 0.5) is 11.4 Å². The minimum absolute atomic E-state index is 0.0364. The maximum Gasteiger partial charge on any atom is 0.269 e. The molecule has 0 aliphatic rings. The molecule has 1 aromatic carbocycles. The van der Waals surface area contributed by atoms with E-state index >= 15 is 0 Å². The van der Waals surface area contributed by atoms with Crippen LogP contribution in [0.1, 0.15) is 10.4 Å². The first-order valence-corrected chi connectivity index (χ1v) is 5.99. The van der Waals surface area contributed by atoms with Gasteiger partial charge in [-0.15, -0.1) is 0 Å². The van der Waals surface area contributed by atoms with E-state index in [4.69, 9.17) is 0 Å². The van der Waals surface area contributed by atoms with Gasteiger partial charge in [0.05, 0.1) is 11.1 Å². The molecule has 0 aliphatic carbocycles. The monoisotopic (exact) mass is 283 g/mol. The van der Waals surface area contributed by atoms with Crippen LogP contribution in [0.25, 0.3) is 5.65 Å². The average molecular weight is 283 g/mol. The first kappa shape index (κ1) is 12.7. The molecule has 2 aromatic heterocycles. The van der Waals surface area contributed by atoms with Crippen molar-refractivity contribution in [2.24, 2.45) is 0 Å². The Balaban J connectivity index is 1.84. The third-order valence-corrected chi connectivity index (χ3v) is 2.86. The molecule has 0 bridgehead atoms. The van der Waals surface area contributed by atoms with Crippen LogP contribution in [0.3, 0.4) is 0 Å². The number of nitrogens with one attached hydrogen (secondary N) is 1. The number of benzene rings is 1. The maximum atomic E-state index is 12.2. The van der Waals surface area contributed by atoms with Crippen LogP contribution >= 0.6 is 0 Å². The van der Waals surface area contributed by atoms with Crippen molar-refractivity contribution in [1.82, 2.24) is 14.6 Å². The number of fused-ring (bicyclic) bond motifs is 1. The molecule has 3 aromatic rings. The fourth-order valence-electron chi connectivity index (χ4n) is 1.85. The van der Waals surface area contributed by atoms with E-state index in [0.717, 1.165) is 0 Å². The summed E-state index contributed by atoms with van der Waals surface area (Å²) in [6, 6.07) is 7.29. The van der Waals surface area contributed by atoms with Crippen molar-refractivity contribution in [3.63, 3.8) is 0 Å². The van der Waals surface area contributed by atoms with Gasteiger partial charge < -0.3 is 5.32 Å². The molecule has 0 fully saturated rings. The Bertz CT molecular complexity index is 825. The van der Waals surface area contributed by atoms with E-state index in [9.17, 15) is 14.9 Å². The molecule has 0 saturated heterocycles. The lowest BCUT2D eigenvalue weighted by Crippen LogP contribution is -2.12. The minimum atomic E-state index is -0.499. The molecule has 8 nitrogen and oxygen atoms in total. The van der Waals surface area contributed by atoms with E-state index in [1.54, 1.807) is 18.5 Å². The Morgan fingerprint density at radius 3 is 2.76 bits per heavy atom. The van der Waals surface area contributed by atoms with Gasteiger partial charge in [0, 0.05) is 30.2 Å². The van der Waals surface area contributed by atoms with E-state index < -0.39 is 4.92 Å². The maximum absolute atomic E-state index is 12.2. The SMILES string of the molecule is O=C(Nc1ccc([N+](=O)[O-])cc1)c1cnn2cccnc12. The molecule has 2 heterocycles. The highest BCUT2D eigenvalue weighted by Crippen LogP contribution is 2.17. The number of anilines is 1. The molecule has 0 unspecified atom stereocenters. The second-order valence-corrected chi connectivity index (χ2v) is 4.20. The van der Waals surface area contributed by atoms with Gasteiger partial charge >= 0.3 is 0 Å². The number of carbonyl (C=O) groups is 1. The molecule has 21 heavy (non-hydrogen) atoms. The molecule has 0 aliphatic heterocycles. The first-order chi connectivity index (χ1) is 10.1. The highest BCUT2D eigenvalue weighted by atomic mass is 16.6. The van der Waals surface area contributed by atoms with Gasteiger partial charge in [-0.2, -0.15) is 5.10 Å². The summed E-state index contributed by atoms with van der Waals surface area (Å²) in [4.78, 5) is 26.3. The topological polar surface area (TPSA) is 102 Å². The number of nitrogens with zero attached hydrogens (tertiary/aromatic N) is 4. The Hall–Kier alpha value is -3.29. The van der Waals surface area contributed by atoms with Gasteiger partial charge in [0.25, 0.3) is 11.6 Å². The number of rotatable bonds is 3. The van der Waals surface area contributed by atoms with Crippen LogP contribution in [0, 0.1) is 10.1 Å². The standard InChI is InChI=1S/C13H9N5O3/c19-13(11-8-15-17-7-1-6-14-12(11)17)16-9-2-4-10(5-3-9)18(20)21/h1-8H,(H,16,19). The molecule has 8 heteroatoms. The minimum Gasteiger partial charge on any atom is -0.322 e. The summed E-state index contributed by atoms with van der Waals surface area (Å²) < 4.78 is 1.49. The van der Waals surface area contributed by atoms with Crippen molar-refractivity contribution in [2.45, 2.75) is 0 Å². The van der Waals surface area contributed by atoms with Crippen LogP contribution in [0.2, 0.25) is 0 Å². The number of nitro benzene ring substituents is 1. The predicted molar refractivity (Wildman–Crippen MR) is 74.0 cm³/mol. The number of carbonyl (C=O) groups excluding carboxylic acids is 1. The van der Waals surface area contributed by atoms with E-state index in [1.807, 2.05) is 0 Å². The van der Waals surface area contributed by atoms with Gasteiger partial charge in [0.1, 0.15) is 5.56 Å². The summed E-state index contributed by atoms with van der Waals surface area (Å²) in [6.45, 7) is 0. The van der Waals surface area contributed by atoms with Crippen LogP contribution < -0.4 is 5.32 Å². The zero-order chi connectivity index (χ0) is 14.8. The summed E-state index contributed by atoms with van der Waals surface area (Å²) in [7, 11) is 0. The highest BCUT2D eigenvalue weighted by Gasteiger charge is 2.14. The third-order valence-electron chi connectivity index (χ3n) is 2.86. The normalized spacial score (nSPS) is 10.5. The van der Waals surface area contributed by atoms with Gasteiger partial charge in [-0.3, -0.25) is 14.9 Å². The second kappa shape index (κ2) is 5.00. The average Bonchev–Trinajstić information content (AvgIpc) is 2.92. The number of nitro groups is 1. The lowest BCUT2D eigenvalue weighted by molar-refractivity contribution is -0.384. The zero-order valence-electron chi connectivity index (χ0n) is 10.6. The van der Waals surface area contributed by atoms with Crippen molar-refractivity contribution in [1.29, 1.82) is 0 Å². The summed E-state index contributed by atoms with van der Waals surface area (Å²) in [5, 5.41) is 17.2. The molecule has 1 N–H and O–H groups in total. The van der Waals surface area contributed by atoms with Gasteiger partial charge in [-0.05, 0) is 18.2 Å². The molecule has 104 valence electrons.